The van der Waals surface area contributed by atoms with Gasteiger partial charge in [-0.1, -0.05) is 12.5 Å². The van der Waals surface area contributed by atoms with Crippen LogP contribution in [0, 0.1) is 0 Å². The van der Waals surface area contributed by atoms with Crippen LogP contribution >= 0.6 is 0 Å². The Kier molecular flexibility index (Phi) is 5.33. The van der Waals surface area contributed by atoms with E-state index in [-0.39, 0.29) is 0 Å². The first kappa shape index (κ1) is 6.18. The summed E-state index contributed by atoms with van der Waals surface area (Å²) in [4.78, 5) is 0. The lowest BCUT2D eigenvalue weighted by Gasteiger charge is -1.86. The summed E-state index contributed by atoms with van der Waals surface area (Å²) in [6, 6.07) is 1.30. The molecule has 2 heteroatoms. The van der Waals surface area contributed by atoms with Gasteiger partial charge in [0.25, 0.3) is 0 Å². The Hall–Kier alpha value is 0.177. The maximum atomic E-state index is 5.22. The quantitative estimate of drug-likeness (QED) is 0.387. The molecule has 0 unspecified atom stereocenters. The molecule has 0 saturated heterocycles. The minimum Gasteiger partial charge on any atom is -0.330 e. The third kappa shape index (κ3) is 4.18. The molecule has 6 heavy (non-hydrogen) atoms. The van der Waals surface area contributed by atoms with Gasteiger partial charge in [0.15, 0.2) is 0 Å². The zero-order chi connectivity index (χ0) is 4.83. The van der Waals surface area contributed by atoms with Crippen molar-refractivity contribution in [3.05, 3.63) is 0 Å². The first-order valence-electron chi connectivity index (χ1n) is 2.41. The van der Waals surface area contributed by atoms with Crippen LogP contribution in [0.3, 0.4) is 0 Å². The van der Waals surface area contributed by atoms with Gasteiger partial charge in [0.2, 0.25) is 0 Å². The lowest BCUT2D eigenvalue weighted by atomic mass is 10.3. The molecule has 0 aromatic heterocycles. The van der Waals surface area contributed by atoms with E-state index in [4.69, 9.17) is 5.73 Å². The standard InChI is InChI=1S/C4H12NSi/c5-3-1-2-4-6/h1-6H2. The molecule has 0 aromatic carbocycles. The highest BCUT2D eigenvalue weighted by molar-refractivity contribution is 6.08. The number of hydrogen-bond acceptors (Lipinski definition) is 1. The Morgan fingerprint density at radius 3 is 2.17 bits per heavy atom. The van der Waals surface area contributed by atoms with Gasteiger partial charge in [-0.2, -0.15) is 0 Å². The summed E-state index contributed by atoms with van der Waals surface area (Å²) in [7, 11) is 2.01. The molecule has 2 N–H and O–H groups in total. The van der Waals surface area contributed by atoms with E-state index in [0.29, 0.717) is 0 Å². The third-order valence-electron chi connectivity index (χ3n) is 0.704. The molecule has 0 spiro atoms. The predicted octanol–water partition coefficient (Wildman–Crippen LogP) is -0.223. The van der Waals surface area contributed by atoms with Crippen LogP contribution in [0.25, 0.3) is 0 Å². The van der Waals surface area contributed by atoms with Gasteiger partial charge >= 0.3 is 0 Å². The molecule has 0 rings (SSSR count). The fraction of sp³-hybridized carbons (Fsp3) is 1.00. The minimum atomic E-state index is 0.859. The van der Waals surface area contributed by atoms with E-state index in [1.807, 2.05) is 10.2 Å². The van der Waals surface area contributed by atoms with Crippen LogP contribution in [0.5, 0.6) is 0 Å². The smallest absolute Gasteiger partial charge is 0.00797 e. The van der Waals surface area contributed by atoms with Crippen LogP contribution in [0.4, 0.5) is 0 Å². The van der Waals surface area contributed by atoms with Crippen molar-refractivity contribution in [2.45, 2.75) is 18.9 Å². The molecule has 0 amide bonds. The zero-order valence-electron chi connectivity index (χ0n) is 4.11. The molecular formula is C4H12NSi. The minimum absolute atomic E-state index is 0.859. The predicted molar refractivity (Wildman–Crippen MR) is 31.6 cm³/mol. The summed E-state index contributed by atoms with van der Waals surface area (Å²) < 4.78 is 0. The second-order valence-corrected chi connectivity index (χ2v) is 2.06. The van der Waals surface area contributed by atoms with Crippen molar-refractivity contribution in [3.63, 3.8) is 0 Å². The molecule has 1 nitrogen and oxygen atoms in total. The van der Waals surface area contributed by atoms with Gasteiger partial charge in [-0.3, -0.25) is 0 Å². The summed E-state index contributed by atoms with van der Waals surface area (Å²) in [5.74, 6) is 0. The topological polar surface area (TPSA) is 26.0 Å². The molecule has 0 aliphatic carbocycles. The Labute approximate surface area is 42.3 Å². The summed E-state index contributed by atoms with van der Waals surface area (Å²) >= 11 is 0. The van der Waals surface area contributed by atoms with Gasteiger partial charge in [-0.25, -0.2) is 0 Å². The van der Waals surface area contributed by atoms with E-state index < -0.39 is 0 Å². The van der Waals surface area contributed by atoms with Gasteiger partial charge in [-0.15, -0.1) is 0 Å². The van der Waals surface area contributed by atoms with E-state index in [1.54, 1.807) is 0 Å². The number of rotatable bonds is 3. The van der Waals surface area contributed by atoms with Crippen LogP contribution in [-0.2, 0) is 0 Å². The van der Waals surface area contributed by atoms with E-state index in [2.05, 4.69) is 0 Å². The van der Waals surface area contributed by atoms with Gasteiger partial charge < -0.3 is 5.73 Å². The SMILES string of the molecule is NCCCC[SiH2]. The molecule has 0 atom stereocenters. The number of unbranched alkanes of at least 4 members (excludes halogenated alkanes) is 1. The van der Waals surface area contributed by atoms with Gasteiger partial charge in [0, 0.05) is 10.2 Å². The van der Waals surface area contributed by atoms with Crippen LogP contribution < -0.4 is 5.73 Å². The summed E-state index contributed by atoms with van der Waals surface area (Å²) in [5.41, 5.74) is 5.22. The highest BCUT2D eigenvalue weighted by Gasteiger charge is 1.75. The molecule has 0 aliphatic heterocycles. The first-order valence-corrected chi connectivity index (χ1v) is 3.41. The van der Waals surface area contributed by atoms with Crippen molar-refractivity contribution in [1.82, 2.24) is 0 Å². The molecule has 0 saturated carbocycles. The monoisotopic (exact) mass is 102 g/mol. The Bertz CT molecular complexity index is 19.5. The summed E-state index contributed by atoms with van der Waals surface area (Å²) in [6.45, 7) is 0.859. The normalized spacial score (nSPS) is 9.00. The van der Waals surface area contributed by atoms with Crippen LogP contribution in [0.15, 0.2) is 0 Å². The van der Waals surface area contributed by atoms with E-state index in [9.17, 15) is 0 Å². The Morgan fingerprint density at radius 1 is 1.33 bits per heavy atom. The summed E-state index contributed by atoms with van der Waals surface area (Å²) in [5, 5.41) is 0. The van der Waals surface area contributed by atoms with Crippen molar-refractivity contribution in [3.8, 4) is 0 Å². The zero-order valence-corrected chi connectivity index (χ0v) is 5.53. The Morgan fingerprint density at radius 2 is 2.00 bits per heavy atom. The van der Waals surface area contributed by atoms with Crippen LogP contribution in [0.1, 0.15) is 12.8 Å². The van der Waals surface area contributed by atoms with E-state index >= 15 is 0 Å². The average Bonchev–Trinajstić information content (AvgIpc) is 1.61. The van der Waals surface area contributed by atoms with Gasteiger partial charge in [-0.05, 0) is 13.0 Å². The average molecular weight is 102 g/mol. The van der Waals surface area contributed by atoms with Gasteiger partial charge in [0.05, 0.1) is 0 Å². The van der Waals surface area contributed by atoms with Crippen molar-refractivity contribution < 1.29 is 0 Å². The molecule has 0 heterocycles. The van der Waals surface area contributed by atoms with E-state index in [0.717, 1.165) is 6.54 Å². The van der Waals surface area contributed by atoms with Crippen molar-refractivity contribution in [2.75, 3.05) is 6.54 Å². The lowest BCUT2D eigenvalue weighted by Crippen LogP contribution is -1.96. The van der Waals surface area contributed by atoms with Gasteiger partial charge in [0.1, 0.15) is 0 Å². The van der Waals surface area contributed by atoms with Crippen molar-refractivity contribution in [2.24, 2.45) is 5.73 Å². The van der Waals surface area contributed by atoms with E-state index in [1.165, 1.54) is 18.9 Å². The molecule has 0 aliphatic rings. The van der Waals surface area contributed by atoms with Crippen LogP contribution in [0.2, 0.25) is 6.04 Å². The second kappa shape index (κ2) is 5.18. The highest BCUT2D eigenvalue weighted by Crippen LogP contribution is 1.86. The number of nitrogens with two attached hydrogens (primary N) is 1. The number of hydrogen-bond donors (Lipinski definition) is 1. The maximum absolute atomic E-state index is 5.22. The maximum Gasteiger partial charge on any atom is 0.00797 e. The third-order valence-corrected chi connectivity index (χ3v) is 1.20. The fourth-order valence-corrected chi connectivity index (χ4v) is 0.675. The molecular weight excluding hydrogens is 90.1 g/mol. The summed E-state index contributed by atoms with van der Waals surface area (Å²) in [6.07, 6.45) is 2.50. The molecule has 1 radical (unpaired) electrons. The van der Waals surface area contributed by atoms with Crippen LogP contribution in [-0.4, -0.2) is 16.8 Å². The second-order valence-electron chi connectivity index (χ2n) is 1.35. The molecule has 0 aromatic rings. The van der Waals surface area contributed by atoms with Crippen molar-refractivity contribution in [1.29, 1.82) is 0 Å². The molecule has 37 valence electrons. The fourth-order valence-electron chi connectivity index (χ4n) is 0.321. The highest BCUT2D eigenvalue weighted by atomic mass is 28.1. The Balaban J connectivity index is 2.34. The largest absolute Gasteiger partial charge is 0.330 e. The molecule has 0 fully saturated rings. The van der Waals surface area contributed by atoms with Crippen molar-refractivity contribution >= 4 is 10.2 Å². The lowest BCUT2D eigenvalue weighted by molar-refractivity contribution is 0.806. The molecule has 0 bridgehead atoms. The first-order chi connectivity index (χ1) is 2.91.